The topological polar surface area (TPSA) is 28.2 Å². The Hall–Kier alpha value is -2.07. The maximum Gasteiger partial charge on any atom is 1.00 e. The van der Waals surface area contributed by atoms with Gasteiger partial charge < -0.3 is 10.6 Å². The second-order valence-electron chi connectivity index (χ2n) is 6.65. The molecule has 2 aliphatic rings. The molecule has 2 aliphatic heterocycles. The van der Waals surface area contributed by atoms with E-state index in [0.717, 1.165) is 11.4 Å². The molecule has 28 heavy (non-hydrogen) atoms. The van der Waals surface area contributed by atoms with Crippen molar-refractivity contribution in [2.45, 2.75) is 12.1 Å². The Morgan fingerprint density at radius 3 is 1.50 bits per heavy atom. The molecule has 0 saturated heterocycles. The van der Waals surface area contributed by atoms with Crippen LogP contribution in [0.3, 0.4) is 0 Å². The SMILES string of the molecule is C1=CC(c2cccc(C3C=Cc4ccccc4[N-]3)c2)[N-]c2ccccc21.[Li+].[Li+]. The number of benzene rings is 3. The third-order valence-electron chi connectivity index (χ3n) is 4.94. The van der Waals surface area contributed by atoms with Gasteiger partial charge in [0, 0.05) is 0 Å². The standard InChI is InChI=1S/C24H18N2.2Li/c1-3-10-21-17(6-1)12-14-23(25-21)19-8-5-9-20(16-19)24-15-13-18-7-2-4-11-22(18)26-24;;/h1-16,23-24H;;/q-2;2*+1. The molecule has 126 valence electrons. The van der Waals surface area contributed by atoms with E-state index < -0.39 is 0 Å². The number of nitrogens with zero attached hydrogens (tertiary/aromatic N) is 2. The molecule has 0 amide bonds. The van der Waals surface area contributed by atoms with Gasteiger partial charge in [0.25, 0.3) is 0 Å². The Morgan fingerprint density at radius 2 is 1.00 bits per heavy atom. The molecule has 3 aromatic rings. The van der Waals surface area contributed by atoms with Gasteiger partial charge >= 0.3 is 37.7 Å². The minimum atomic E-state index is 0. The number of para-hydroxylation sites is 2. The summed E-state index contributed by atoms with van der Waals surface area (Å²) in [6, 6.07) is 25.3. The van der Waals surface area contributed by atoms with Crippen LogP contribution in [0.25, 0.3) is 22.8 Å². The zero-order chi connectivity index (χ0) is 17.3. The van der Waals surface area contributed by atoms with Crippen molar-refractivity contribution in [3.63, 3.8) is 0 Å². The minimum absolute atomic E-state index is 0. The second kappa shape index (κ2) is 8.96. The van der Waals surface area contributed by atoms with Gasteiger partial charge in [-0.3, -0.25) is 0 Å². The van der Waals surface area contributed by atoms with Crippen LogP contribution < -0.4 is 37.7 Å². The smallest absolute Gasteiger partial charge is 0.674 e. The number of hydrogen-bond donors (Lipinski definition) is 0. The summed E-state index contributed by atoms with van der Waals surface area (Å²) in [5, 5.41) is 9.80. The molecule has 0 fully saturated rings. The molecule has 4 heteroatoms. The number of hydrogen-bond acceptors (Lipinski definition) is 0. The Morgan fingerprint density at radius 1 is 0.536 bits per heavy atom. The summed E-state index contributed by atoms with van der Waals surface area (Å²) in [4.78, 5) is 0. The zero-order valence-corrected chi connectivity index (χ0v) is 16.3. The second-order valence-corrected chi connectivity index (χ2v) is 6.65. The van der Waals surface area contributed by atoms with Crippen molar-refractivity contribution in [3.05, 3.63) is 118 Å². The number of rotatable bonds is 2. The molecule has 0 aliphatic carbocycles. The number of fused-ring (bicyclic) bond motifs is 2. The fraction of sp³-hybridized carbons (Fsp3) is 0.0833. The molecule has 0 saturated carbocycles. The molecule has 2 heterocycles. The Bertz CT molecular complexity index is 948. The van der Waals surface area contributed by atoms with Gasteiger partial charge in [0.05, 0.1) is 0 Å². The molecule has 0 N–H and O–H groups in total. The van der Waals surface area contributed by atoms with Crippen LogP contribution in [0.2, 0.25) is 0 Å². The van der Waals surface area contributed by atoms with Crippen molar-refractivity contribution in [2.24, 2.45) is 0 Å². The molecule has 5 rings (SSSR count). The summed E-state index contributed by atoms with van der Waals surface area (Å²) >= 11 is 0. The van der Waals surface area contributed by atoms with E-state index in [2.05, 4.69) is 72.8 Å². The quantitative estimate of drug-likeness (QED) is 0.624. The van der Waals surface area contributed by atoms with Crippen LogP contribution >= 0.6 is 0 Å². The molecule has 0 bridgehead atoms. The van der Waals surface area contributed by atoms with Gasteiger partial charge in [-0.1, -0.05) is 120 Å². The predicted octanol–water partition coefficient (Wildman–Crippen LogP) is 1.24. The average molecular weight is 348 g/mol. The molecule has 2 unspecified atom stereocenters. The fourth-order valence-corrected chi connectivity index (χ4v) is 3.57. The Kier molecular flexibility index (Phi) is 6.61. The molecule has 3 aromatic carbocycles. The molecule has 0 spiro atoms. The van der Waals surface area contributed by atoms with E-state index in [1.165, 1.54) is 22.3 Å². The van der Waals surface area contributed by atoms with Crippen molar-refractivity contribution < 1.29 is 37.7 Å². The van der Waals surface area contributed by atoms with Crippen LogP contribution in [0.4, 0.5) is 11.4 Å². The van der Waals surface area contributed by atoms with E-state index >= 15 is 0 Å². The van der Waals surface area contributed by atoms with Crippen molar-refractivity contribution >= 4 is 23.5 Å². The van der Waals surface area contributed by atoms with Gasteiger partial charge in [-0.05, 0) is 11.1 Å². The van der Waals surface area contributed by atoms with Gasteiger partial charge in [0.1, 0.15) is 0 Å². The van der Waals surface area contributed by atoms with Gasteiger partial charge in [-0.15, -0.1) is 11.4 Å². The van der Waals surface area contributed by atoms with Crippen LogP contribution in [0.1, 0.15) is 34.3 Å². The fourth-order valence-electron chi connectivity index (χ4n) is 3.57. The summed E-state index contributed by atoms with van der Waals surface area (Å²) in [6.45, 7) is 0. The largest absolute Gasteiger partial charge is 1.00 e. The van der Waals surface area contributed by atoms with E-state index in [-0.39, 0.29) is 49.8 Å². The van der Waals surface area contributed by atoms with E-state index in [1.807, 2.05) is 24.3 Å². The molecule has 2 nitrogen and oxygen atoms in total. The van der Waals surface area contributed by atoms with Crippen molar-refractivity contribution in [1.82, 2.24) is 0 Å². The van der Waals surface area contributed by atoms with Crippen molar-refractivity contribution in [2.75, 3.05) is 0 Å². The van der Waals surface area contributed by atoms with E-state index in [0.29, 0.717) is 0 Å². The molecule has 0 radical (unpaired) electrons. The van der Waals surface area contributed by atoms with E-state index in [9.17, 15) is 0 Å². The molecule has 2 atom stereocenters. The average Bonchev–Trinajstić information content (AvgIpc) is 2.73. The maximum atomic E-state index is 4.90. The van der Waals surface area contributed by atoms with Crippen molar-refractivity contribution in [3.8, 4) is 0 Å². The van der Waals surface area contributed by atoms with Gasteiger partial charge in [-0.2, -0.15) is 0 Å². The summed E-state index contributed by atoms with van der Waals surface area (Å²) in [5.41, 5.74) is 6.89. The maximum absolute atomic E-state index is 4.90. The molecule has 0 aromatic heterocycles. The van der Waals surface area contributed by atoms with Gasteiger partial charge in [0.2, 0.25) is 0 Å². The summed E-state index contributed by atoms with van der Waals surface area (Å²) < 4.78 is 0. The Balaban J connectivity index is 0.00000112. The monoisotopic (exact) mass is 348 g/mol. The summed E-state index contributed by atoms with van der Waals surface area (Å²) in [5.74, 6) is 0. The third-order valence-corrected chi connectivity index (χ3v) is 4.94. The van der Waals surface area contributed by atoms with Crippen LogP contribution in [-0.4, -0.2) is 0 Å². The third kappa shape index (κ3) is 4.02. The minimum Gasteiger partial charge on any atom is -0.674 e. The Labute approximate surface area is 190 Å². The van der Waals surface area contributed by atoms with Crippen LogP contribution in [0.5, 0.6) is 0 Å². The van der Waals surface area contributed by atoms with Crippen LogP contribution in [0, 0.1) is 0 Å². The van der Waals surface area contributed by atoms with Crippen LogP contribution in [0.15, 0.2) is 84.9 Å². The first-order valence-electron chi connectivity index (χ1n) is 8.93. The zero-order valence-electron chi connectivity index (χ0n) is 16.3. The first-order chi connectivity index (χ1) is 12.9. The molecular formula is C24H18Li2N2. The first kappa shape index (κ1) is 20.7. The normalized spacial score (nSPS) is 18.4. The summed E-state index contributed by atoms with van der Waals surface area (Å²) in [6.07, 6.45) is 8.68. The predicted molar refractivity (Wildman–Crippen MR) is 109 cm³/mol. The van der Waals surface area contributed by atoms with Gasteiger partial charge in [0.15, 0.2) is 0 Å². The molecular weight excluding hydrogens is 330 g/mol. The van der Waals surface area contributed by atoms with E-state index in [4.69, 9.17) is 10.6 Å². The van der Waals surface area contributed by atoms with Crippen molar-refractivity contribution in [1.29, 1.82) is 0 Å². The van der Waals surface area contributed by atoms with E-state index in [1.54, 1.807) is 0 Å². The first-order valence-corrected chi connectivity index (χ1v) is 8.93. The van der Waals surface area contributed by atoms with Gasteiger partial charge in [-0.25, -0.2) is 0 Å². The summed E-state index contributed by atoms with van der Waals surface area (Å²) in [7, 11) is 0. The van der Waals surface area contributed by atoms with Crippen LogP contribution in [-0.2, 0) is 0 Å².